The average Bonchev–Trinajstić information content (AvgIpc) is 3.14. The molecular weight excluding hydrogens is 598 g/mol. The molecule has 3 atom stereocenters. The number of imide groups is 1. The molecule has 1 saturated heterocycles. The van der Waals surface area contributed by atoms with Crippen LogP contribution < -0.4 is 5.32 Å². The molecule has 0 spiro atoms. The minimum absolute atomic E-state index is 0.457. The number of hydrogen-bond donors (Lipinski definition) is 1. The molecule has 176 valence electrons. The van der Waals surface area contributed by atoms with Crippen molar-refractivity contribution >= 4 is 69.2 Å². The van der Waals surface area contributed by atoms with Gasteiger partial charge >= 0.3 is 0 Å². The van der Waals surface area contributed by atoms with Crippen LogP contribution in [0.15, 0.2) is 72.8 Å². The lowest BCUT2D eigenvalue weighted by molar-refractivity contribution is -0.146. The molecule has 1 N–H and O–H groups in total. The zero-order valence-electron chi connectivity index (χ0n) is 18.5. The van der Waals surface area contributed by atoms with Gasteiger partial charge in [0, 0.05) is 9.26 Å². The van der Waals surface area contributed by atoms with Gasteiger partial charge in [-0.15, -0.1) is 23.2 Å². The van der Waals surface area contributed by atoms with Gasteiger partial charge < -0.3 is 5.32 Å². The molecule has 0 radical (unpaired) electrons. The van der Waals surface area contributed by atoms with E-state index >= 15 is 0 Å². The van der Waals surface area contributed by atoms with Gasteiger partial charge in [-0.05, 0) is 76.0 Å². The number of carbonyl (C=O) groups excluding carboxylic acids is 3. The third kappa shape index (κ3) is 2.90. The standard InChI is InChI=1S/C27H19Cl2IN2O3/c1-14(23(33)31-16-12-10-15(30)11-13-16)32-24(34)21-22(25(32)35)27(29)18-7-3-2-6-17(18)26(21,28)19-8-4-5-9-20(19)27/h2-14,21-22H,1H3,(H,31,33)/t14-,21-,22+,26?,27?/m0/s1. The maximum Gasteiger partial charge on any atom is 0.247 e. The average molecular weight is 617 g/mol. The molecule has 7 rings (SSSR count). The van der Waals surface area contributed by atoms with Gasteiger partial charge in [0.2, 0.25) is 17.7 Å². The number of anilines is 1. The molecule has 5 nitrogen and oxygen atoms in total. The highest BCUT2D eigenvalue weighted by atomic mass is 127. The first-order valence-corrected chi connectivity index (χ1v) is 13.0. The number of amides is 3. The monoisotopic (exact) mass is 616 g/mol. The molecule has 3 aromatic carbocycles. The molecule has 1 heterocycles. The Labute approximate surface area is 225 Å². The number of rotatable bonds is 3. The van der Waals surface area contributed by atoms with Crippen LogP contribution in [-0.2, 0) is 24.1 Å². The molecule has 2 bridgehead atoms. The zero-order chi connectivity index (χ0) is 24.7. The highest BCUT2D eigenvalue weighted by Crippen LogP contribution is 2.69. The number of alkyl halides is 2. The molecule has 4 aliphatic rings. The van der Waals surface area contributed by atoms with Gasteiger partial charge in [0.1, 0.15) is 15.8 Å². The number of nitrogens with one attached hydrogen (secondary N) is 1. The van der Waals surface area contributed by atoms with E-state index in [1.807, 2.05) is 60.7 Å². The summed E-state index contributed by atoms with van der Waals surface area (Å²) in [6, 6.07) is 21.2. The normalized spacial score (nSPS) is 28.9. The van der Waals surface area contributed by atoms with Crippen LogP contribution in [0, 0.1) is 15.4 Å². The van der Waals surface area contributed by atoms with Crippen LogP contribution in [0.2, 0.25) is 0 Å². The topological polar surface area (TPSA) is 66.5 Å². The van der Waals surface area contributed by atoms with Gasteiger partial charge in [0.15, 0.2) is 0 Å². The number of likely N-dealkylation sites (tertiary alicyclic amines) is 1. The van der Waals surface area contributed by atoms with E-state index in [2.05, 4.69) is 27.9 Å². The van der Waals surface area contributed by atoms with Gasteiger partial charge in [-0.25, -0.2) is 0 Å². The van der Waals surface area contributed by atoms with Gasteiger partial charge in [-0.1, -0.05) is 48.5 Å². The molecule has 3 aliphatic carbocycles. The van der Waals surface area contributed by atoms with Crippen molar-refractivity contribution in [3.05, 3.63) is 98.6 Å². The van der Waals surface area contributed by atoms with Gasteiger partial charge in [-0.2, -0.15) is 0 Å². The van der Waals surface area contributed by atoms with Crippen molar-refractivity contribution in [2.75, 3.05) is 5.32 Å². The summed E-state index contributed by atoms with van der Waals surface area (Å²) in [7, 11) is 0. The van der Waals surface area contributed by atoms with Crippen LogP contribution in [0.5, 0.6) is 0 Å². The Balaban J connectivity index is 1.45. The fraction of sp³-hybridized carbons (Fsp3) is 0.222. The van der Waals surface area contributed by atoms with Crippen molar-refractivity contribution in [3.8, 4) is 0 Å². The van der Waals surface area contributed by atoms with E-state index < -0.39 is 45.3 Å². The molecule has 8 heteroatoms. The minimum atomic E-state index is -1.26. The third-order valence-corrected chi connectivity index (χ3v) is 9.50. The van der Waals surface area contributed by atoms with E-state index in [9.17, 15) is 14.4 Å². The Morgan fingerprint density at radius 1 is 0.829 bits per heavy atom. The van der Waals surface area contributed by atoms with Gasteiger partial charge in [-0.3, -0.25) is 19.3 Å². The fourth-order valence-corrected chi connectivity index (χ4v) is 7.42. The van der Waals surface area contributed by atoms with E-state index in [0.717, 1.165) is 30.7 Å². The van der Waals surface area contributed by atoms with Crippen LogP contribution in [0.4, 0.5) is 5.69 Å². The Hall–Kier alpha value is -2.42. The van der Waals surface area contributed by atoms with Gasteiger partial charge in [0.25, 0.3) is 0 Å². The van der Waals surface area contributed by atoms with Crippen LogP contribution in [0.25, 0.3) is 0 Å². The van der Waals surface area contributed by atoms with E-state index in [0.29, 0.717) is 5.69 Å². The molecule has 0 aromatic heterocycles. The zero-order valence-corrected chi connectivity index (χ0v) is 22.1. The maximum absolute atomic E-state index is 13.9. The number of halogens is 3. The minimum Gasteiger partial charge on any atom is -0.324 e. The van der Waals surface area contributed by atoms with Gasteiger partial charge in [0.05, 0.1) is 11.8 Å². The Morgan fingerprint density at radius 3 is 1.63 bits per heavy atom. The van der Waals surface area contributed by atoms with Crippen molar-refractivity contribution in [2.24, 2.45) is 11.8 Å². The summed E-state index contributed by atoms with van der Waals surface area (Å²) in [5, 5.41) is 2.81. The molecule has 0 unspecified atom stereocenters. The first-order chi connectivity index (χ1) is 16.7. The SMILES string of the molecule is C[C@@H](C(=O)Nc1ccc(I)cc1)N1C(=O)[C@@H]2[C@H](C1=O)C1(Cl)c3ccccc3C2(Cl)c2ccccc21. The Bertz CT molecular complexity index is 1300. The van der Waals surface area contributed by atoms with E-state index in [1.54, 1.807) is 19.1 Å². The lowest BCUT2D eigenvalue weighted by Gasteiger charge is -2.54. The van der Waals surface area contributed by atoms with Crippen molar-refractivity contribution in [3.63, 3.8) is 0 Å². The summed E-state index contributed by atoms with van der Waals surface area (Å²) in [5.74, 6) is -3.26. The smallest absolute Gasteiger partial charge is 0.247 e. The summed E-state index contributed by atoms with van der Waals surface area (Å²) in [6.07, 6.45) is 0. The molecule has 3 aromatic rings. The summed E-state index contributed by atoms with van der Waals surface area (Å²) in [5.41, 5.74) is 3.51. The first kappa shape index (κ1) is 23.0. The molecule has 1 fully saturated rings. The number of benzene rings is 3. The fourth-order valence-electron chi connectivity index (χ4n) is 5.97. The molecule has 3 amide bonds. The van der Waals surface area contributed by atoms with Crippen molar-refractivity contribution in [2.45, 2.75) is 22.7 Å². The van der Waals surface area contributed by atoms with Crippen LogP contribution in [0.1, 0.15) is 29.2 Å². The van der Waals surface area contributed by atoms with E-state index in [-0.39, 0.29) is 0 Å². The van der Waals surface area contributed by atoms with Crippen LogP contribution in [0.3, 0.4) is 0 Å². The number of nitrogens with zero attached hydrogens (tertiary/aromatic N) is 1. The second kappa shape index (κ2) is 7.79. The number of hydrogen-bond acceptors (Lipinski definition) is 3. The highest BCUT2D eigenvalue weighted by molar-refractivity contribution is 14.1. The Kier molecular flexibility index (Phi) is 5.12. The first-order valence-electron chi connectivity index (χ1n) is 11.2. The summed E-state index contributed by atoms with van der Waals surface area (Å²) in [4.78, 5) is 39.5. The second-order valence-electron chi connectivity index (χ2n) is 9.19. The molecular formula is C27H19Cl2IN2O3. The van der Waals surface area contributed by atoms with E-state index in [4.69, 9.17) is 23.2 Å². The Morgan fingerprint density at radius 2 is 1.23 bits per heavy atom. The van der Waals surface area contributed by atoms with Crippen LogP contribution >= 0.6 is 45.8 Å². The lowest BCUT2D eigenvalue weighted by Crippen LogP contribution is -2.57. The van der Waals surface area contributed by atoms with Crippen molar-refractivity contribution < 1.29 is 14.4 Å². The quantitative estimate of drug-likeness (QED) is 0.250. The van der Waals surface area contributed by atoms with Crippen molar-refractivity contribution in [1.29, 1.82) is 0 Å². The summed E-state index contributed by atoms with van der Waals surface area (Å²) >= 11 is 17.0. The molecule has 35 heavy (non-hydrogen) atoms. The lowest BCUT2D eigenvalue weighted by atomic mass is 9.54. The van der Waals surface area contributed by atoms with Crippen LogP contribution in [-0.4, -0.2) is 28.7 Å². The van der Waals surface area contributed by atoms with E-state index in [1.165, 1.54) is 0 Å². The molecule has 1 aliphatic heterocycles. The maximum atomic E-state index is 13.9. The predicted molar refractivity (Wildman–Crippen MR) is 142 cm³/mol. The van der Waals surface area contributed by atoms with Crippen molar-refractivity contribution in [1.82, 2.24) is 4.90 Å². The third-order valence-electron chi connectivity index (χ3n) is 7.50. The largest absolute Gasteiger partial charge is 0.324 e. The molecule has 0 saturated carbocycles. The predicted octanol–water partition coefficient (Wildman–Crippen LogP) is 5.21. The summed E-state index contributed by atoms with van der Waals surface area (Å²) in [6.45, 7) is 1.55. The second-order valence-corrected chi connectivity index (χ2v) is 11.6. The highest BCUT2D eigenvalue weighted by Gasteiger charge is 2.73. The summed E-state index contributed by atoms with van der Waals surface area (Å²) < 4.78 is 1.03. The number of carbonyl (C=O) groups is 3.